The van der Waals surface area contributed by atoms with Crippen molar-refractivity contribution >= 4 is 23.6 Å². The first-order valence-electron chi connectivity index (χ1n) is 13.5. The second-order valence-electron chi connectivity index (χ2n) is 9.97. The lowest BCUT2D eigenvalue weighted by Gasteiger charge is -2.30. The van der Waals surface area contributed by atoms with Crippen molar-refractivity contribution in [2.45, 2.75) is 55.5 Å². The molecule has 4 rings (SSSR count). The summed E-state index contributed by atoms with van der Waals surface area (Å²) in [6.45, 7) is 0.219. The second-order valence-corrected chi connectivity index (χ2v) is 11.1. The lowest BCUT2D eigenvalue weighted by molar-refractivity contribution is -0.140. The Kier molecular flexibility index (Phi) is 10.3. The van der Waals surface area contributed by atoms with Crippen LogP contribution in [0.4, 0.5) is 13.2 Å². The molecule has 5 nitrogen and oxygen atoms in total. The van der Waals surface area contributed by atoms with Crippen LogP contribution in [-0.4, -0.2) is 36.3 Å². The van der Waals surface area contributed by atoms with Gasteiger partial charge in [0.15, 0.2) is 0 Å². The van der Waals surface area contributed by atoms with Gasteiger partial charge in [-0.3, -0.25) is 14.6 Å². The molecule has 1 unspecified atom stereocenters. The van der Waals surface area contributed by atoms with Gasteiger partial charge >= 0.3 is 12.1 Å². The highest BCUT2D eigenvalue weighted by Gasteiger charge is 2.30. The number of alkyl halides is 3. The molecule has 1 fully saturated rings. The van der Waals surface area contributed by atoms with Gasteiger partial charge in [0.2, 0.25) is 0 Å². The Labute approximate surface area is 236 Å². The van der Waals surface area contributed by atoms with Crippen molar-refractivity contribution in [3.8, 4) is 11.3 Å². The van der Waals surface area contributed by atoms with Crippen molar-refractivity contribution in [2.75, 3.05) is 19.4 Å². The lowest BCUT2D eigenvalue weighted by Crippen LogP contribution is -2.26. The van der Waals surface area contributed by atoms with Gasteiger partial charge in [0, 0.05) is 34.5 Å². The summed E-state index contributed by atoms with van der Waals surface area (Å²) in [5.41, 5.74) is 2.29. The third-order valence-corrected chi connectivity index (χ3v) is 8.46. The molecule has 0 saturated heterocycles. The van der Waals surface area contributed by atoms with Gasteiger partial charge in [0.1, 0.15) is 0 Å². The third kappa shape index (κ3) is 8.10. The first-order valence-corrected chi connectivity index (χ1v) is 14.4. The number of carbonyl (C=O) groups is 2. The molecule has 1 aromatic heterocycles. The number of ether oxygens (including phenoxy) is 1. The number of esters is 1. The topological polar surface area (TPSA) is 68.3 Å². The number of benzene rings is 2. The maximum Gasteiger partial charge on any atom is 0.416 e. The maximum atomic E-state index is 12.9. The Morgan fingerprint density at radius 1 is 1.00 bits per heavy atom. The Hall–Kier alpha value is -3.33. The molecule has 1 aliphatic carbocycles. The van der Waals surface area contributed by atoms with Crippen molar-refractivity contribution in [1.29, 1.82) is 0 Å². The minimum absolute atomic E-state index is 0.124. The average Bonchev–Trinajstić information content (AvgIpc) is 2.98. The zero-order valence-corrected chi connectivity index (χ0v) is 23.2. The van der Waals surface area contributed by atoms with E-state index in [9.17, 15) is 22.8 Å². The number of aromatic nitrogens is 1. The number of amides is 1. The highest BCUT2D eigenvalue weighted by Crippen LogP contribution is 2.40. The van der Waals surface area contributed by atoms with Crippen molar-refractivity contribution in [2.24, 2.45) is 5.92 Å². The Balaban J connectivity index is 1.41. The fourth-order valence-electron chi connectivity index (χ4n) is 5.04. The van der Waals surface area contributed by atoms with Gasteiger partial charge < -0.3 is 10.1 Å². The van der Waals surface area contributed by atoms with Gasteiger partial charge in [0.25, 0.3) is 5.91 Å². The zero-order valence-electron chi connectivity index (χ0n) is 22.4. The summed E-state index contributed by atoms with van der Waals surface area (Å²) in [5, 5.41) is 2.72. The molecule has 1 heterocycles. The Morgan fingerprint density at radius 3 is 2.30 bits per heavy atom. The number of thioether (sulfide) groups is 1. The van der Waals surface area contributed by atoms with E-state index < -0.39 is 11.7 Å². The summed E-state index contributed by atoms with van der Waals surface area (Å²) in [7, 11) is 1.31. The first-order chi connectivity index (χ1) is 19.2. The number of nitrogens with one attached hydrogen (secondary N) is 1. The number of hydrogen-bond acceptors (Lipinski definition) is 5. The van der Waals surface area contributed by atoms with Crippen LogP contribution in [0.15, 0.2) is 71.8 Å². The van der Waals surface area contributed by atoms with Crippen LogP contribution in [0, 0.1) is 5.92 Å². The van der Waals surface area contributed by atoms with Crippen LogP contribution in [0.1, 0.15) is 65.9 Å². The van der Waals surface area contributed by atoms with E-state index in [1.165, 1.54) is 38.5 Å². The SMILES string of the molecule is COC(=O)CCNC(=O)c1ccc(SCC(c2ccc(-c3ccc(C(F)(F)F)cc3)nc2)C2CCCCC2)cc1. The van der Waals surface area contributed by atoms with Crippen molar-refractivity contribution < 1.29 is 27.5 Å². The van der Waals surface area contributed by atoms with Crippen LogP contribution in [-0.2, 0) is 15.7 Å². The zero-order chi connectivity index (χ0) is 28.5. The fourth-order valence-corrected chi connectivity index (χ4v) is 6.20. The number of nitrogens with zero attached hydrogens (tertiary/aromatic N) is 1. The van der Waals surface area contributed by atoms with Gasteiger partial charge in [0.05, 0.1) is 24.8 Å². The molecule has 1 aliphatic rings. The minimum atomic E-state index is -4.36. The van der Waals surface area contributed by atoms with Crippen LogP contribution >= 0.6 is 11.8 Å². The molecule has 1 amide bonds. The minimum Gasteiger partial charge on any atom is -0.469 e. The summed E-state index contributed by atoms with van der Waals surface area (Å²) in [6, 6.07) is 16.5. The number of carbonyl (C=O) groups excluding carboxylic acids is 2. The molecule has 2 aromatic carbocycles. The van der Waals surface area contributed by atoms with Gasteiger partial charge in [-0.15, -0.1) is 11.8 Å². The summed E-state index contributed by atoms with van der Waals surface area (Å²) in [4.78, 5) is 29.2. The molecule has 0 radical (unpaired) electrons. The standard InChI is InChI=1S/C31H33F3N2O3S/c1-39-29(37)17-18-35-30(38)23-9-14-26(15-10-23)40-20-27(21-5-3-2-4-6-21)24-11-16-28(36-19-24)22-7-12-25(13-8-22)31(32,33)34/h7-16,19,21,27H,2-6,17-18,20H2,1H3,(H,35,38). The number of pyridine rings is 1. The van der Waals surface area contributed by atoms with Crippen LogP contribution in [0.5, 0.6) is 0 Å². The van der Waals surface area contributed by atoms with Gasteiger partial charge in [-0.2, -0.15) is 13.2 Å². The maximum absolute atomic E-state index is 12.9. The number of halogens is 3. The molecule has 0 bridgehead atoms. The molecule has 40 heavy (non-hydrogen) atoms. The van der Waals surface area contributed by atoms with E-state index in [-0.39, 0.29) is 24.8 Å². The van der Waals surface area contributed by atoms with E-state index in [0.29, 0.717) is 28.7 Å². The van der Waals surface area contributed by atoms with E-state index in [1.54, 1.807) is 23.9 Å². The van der Waals surface area contributed by atoms with Crippen molar-refractivity contribution in [1.82, 2.24) is 10.3 Å². The van der Waals surface area contributed by atoms with Gasteiger partial charge in [-0.25, -0.2) is 0 Å². The summed E-state index contributed by atoms with van der Waals surface area (Å²) in [6.07, 6.45) is 3.63. The molecule has 1 saturated carbocycles. The first kappa shape index (κ1) is 29.6. The molecule has 0 spiro atoms. The summed E-state index contributed by atoms with van der Waals surface area (Å²) in [5.74, 6) is 1.08. The molecule has 0 aliphatic heterocycles. The summed E-state index contributed by atoms with van der Waals surface area (Å²) >= 11 is 1.74. The van der Waals surface area contributed by atoms with Crippen LogP contribution in [0.2, 0.25) is 0 Å². The number of rotatable bonds is 10. The quantitative estimate of drug-likeness (QED) is 0.202. The largest absolute Gasteiger partial charge is 0.469 e. The molecule has 9 heteroatoms. The fraction of sp³-hybridized carbons (Fsp3) is 0.387. The van der Waals surface area contributed by atoms with E-state index in [1.807, 2.05) is 24.4 Å². The lowest BCUT2D eigenvalue weighted by atomic mass is 9.78. The van der Waals surface area contributed by atoms with E-state index in [0.717, 1.165) is 41.2 Å². The highest BCUT2D eigenvalue weighted by molar-refractivity contribution is 7.99. The molecular formula is C31H33F3N2O3S. The van der Waals surface area contributed by atoms with E-state index in [2.05, 4.69) is 21.1 Å². The predicted molar refractivity (Wildman–Crippen MR) is 150 cm³/mol. The predicted octanol–water partition coefficient (Wildman–Crippen LogP) is 7.52. The van der Waals surface area contributed by atoms with Crippen molar-refractivity contribution in [3.05, 3.63) is 83.6 Å². The van der Waals surface area contributed by atoms with Gasteiger partial charge in [-0.05, 0) is 72.7 Å². The number of methoxy groups -OCH3 is 1. The molecule has 1 N–H and O–H groups in total. The smallest absolute Gasteiger partial charge is 0.416 e. The molecule has 1 atom stereocenters. The average molecular weight is 571 g/mol. The number of hydrogen-bond donors (Lipinski definition) is 1. The van der Waals surface area contributed by atoms with E-state index in [4.69, 9.17) is 0 Å². The highest BCUT2D eigenvalue weighted by atomic mass is 32.2. The monoisotopic (exact) mass is 570 g/mol. The van der Waals surface area contributed by atoms with Crippen LogP contribution < -0.4 is 5.32 Å². The Bertz CT molecular complexity index is 1260. The third-order valence-electron chi connectivity index (χ3n) is 7.33. The van der Waals surface area contributed by atoms with E-state index >= 15 is 0 Å². The van der Waals surface area contributed by atoms with Gasteiger partial charge in [-0.1, -0.05) is 37.5 Å². The van der Waals surface area contributed by atoms with Crippen molar-refractivity contribution in [3.63, 3.8) is 0 Å². The molecular weight excluding hydrogens is 537 g/mol. The molecule has 3 aromatic rings. The van der Waals surface area contributed by atoms with Crippen LogP contribution in [0.25, 0.3) is 11.3 Å². The molecule has 212 valence electrons. The summed E-state index contributed by atoms with van der Waals surface area (Å²) < 4.78 is 43.3. The Morgan fingerprint density at radius 2 is 1.70 bits per heavy atom. The second kappa shape index (κ2) is 13.8. The van der Waals surface area contributed by atoms with Crippen LogP contribution in [0.3, 0.4) is 0 Å². The normalized spacial score (nSPS) is 14.9.